The van der Waals surface area contributed by atoms with E-state index in [1.165, 1.54) is 4.62 Å². The van der Waals surface area contributed by atoms with Gasteiger partial charge >= 0.3 is 0 Å². The number of rotatable bonds is 5. The highest BCUT2D eigenvalue weighted by molar-refractivity contribution is 7.63. The molecule has 2 nitrogen and oxygen atoms in total. The second-order valence-corrected chi connectivity index (χ2v) is 4.81. The van der Waals surface area contributed by atoms with Gasteiger partial charge in [0.25, 0.3) is 0 Å². The molecule has 0 atom stereocenters. The first-order chi connectivity index (χ1) is 5.88. The van der Waals surface area contributed by atoms with E-state index in [0.29, 0.717) is 13.2 Å². The summed E-state index contributed by atoms with van der Waals surface area (Å²) in [7, 11) is -0.800. The van der Waals surface area contributed by atoms with Crippen LogP contribution >= 0.6 is 19.7 Å². The smallest absolute Gasteiger partial charge is 0.215 e. The second kappa shape index (κ2) is 5.65. The molecule has 0 unspecified atom stereocenters. The van der Waals surface area contributed by atoms with E-state index >= 15 is 0 Å². The van der Waals surface area contributed by atoms with Gasteiger partial charge in [0.05, 0.1) is 17.8 Å². The molecule has 1 aromatic heterocycles. The Hall–Kier alpha value is 0.0500. The standard InChI is InChI=1S/C8H13O2PS/c1-3-9-11(10-4-2)8-6-5-7-12-8/h5-7H,3-4H2,1-2H3. The van der Waals surface area contributed by atoms with Crippen molar-refractivity contribution < 1.29 is 9.05 Å². The lowest BCUT2D eigenvalue weighted by Gasteiger charge is -2.12. The average molecular weight is 204 g/mol. The second-order valence-electron chi connectivity index (χ2n) is 2.04. The summed E-state index contributed by atoms with van der Waals surface area (Å²) in [6.07, 6.45) is 0. The van der Waals surface area contributed by atoms with Crippen molar-refractivity contribution in [1.29, 1.82) is 0 Å². The lowest BCUT2D eigenvalue weighted by atomic mass is 10.7. The summed E-state index contributed by atoms with van der Waals surface area (Å²) in [5.41, 5.74) is 0. The lowest BCUT2D eigenvalue weighted by Crippen LogP contribution is -2.01. The van der Waals surface area contributed by atoms with Crippen molar-refractivity contribution in [2.45, 2.75) is 13.8 Å². The van der Waals surface area contributed by atoms with Crippen LogP contribution in [0.1, 0.15) is 13.8 Å². The lowest BCUT2D eigenvalue weighted by molar-refractivity contribution is 0.278. The van der Waals surface area contributed by atoms with Gasteiger partial charge in [-0.15, -0.1) is 11.3 Å². The number of thiophene rings is 1. The van der Waals surface area contributed by atoms with Crippen LogP contribution in [-0.2, 0) is 9.05 Å². The van der Waals surface area contributed by atoms with Crippen molar-refractivity contribution in [3.05, 3.63) is 17.5 Å². The van der Waals surface area contributed by atoms with Crippen LogP contribution in [0.15, 0.2) is 17.5 Å². The molecule has 0 aliphatic carbocycles. The van der Waals surface area contributed by atoms with Gasteiger partial charge in [-0.3, -0.25) is 0 Å². The van der Waals surface area contributed by atoms with E-state index in [1.54, 1.807) is 11.3 Å². The zero-order valence-corrected chi connectivity index (χ0v) is 9.03. The van der Waals surface area contributed by atoms with Crippen molar-refractivity contribution in [3.8, 4) is 0 Å². The molecule has 0 aliphatic heterocycles. The summed E-state index contributed by atoms with van der Waals surface area (Å²) in [4.78, 5) is 0. The highest BCUT2D eigenvalue weighted by atomic mass is 32.1. The van der Waals surface area contributed by atoms with Crippen molar-refractivity contribution >= 4 is 24.3 Å². The van der Waals surface area contributed by atoms with E-state index in [0.717, 1.165) is 0 Å². The molecule has 1 rings (SSSR count). The summed E-state index contributed by atoms with van der Waals surface area (Å²) in [6.45, 7) is 5.40. The van der Waals surface area contributed by atoms with E-state index in [-0.39, 0.29) is 0 Å². The monoisotopic (exact) mass is 204 g/mol. The molecule has 0 fully saturated rings. The molecule has 0 aliphatic rings. The Kier molecular flexibility index (Phi) is 4.77. The van der Waals surface area contributed by atoms with Crippen molar-refractivity contribution in [2.24, 2.45) is 0 Å². The maximum atomic E-state index is 5.48. The van der Waals surface area contributed by atoms with Crippen LogP contribution in [0, 0.1) is 0 Å². The first-order valence-corrected chi connectivity index (χ1v) is 6.03. The van der Waals surface area contributed by atoms with E-state index in [2.05, 4.69) is 6.07 Å². The molecule has 0 amide bonds. The predicted octanol–water partition coefficient (Wildman–Crippen LogP) is 2.76. The number of hydrogen-bond donors (Lipinski definition) is 0. The Morgan fingerprint density at radius 1 is 1.33 bits per heavy atom. The minimum Gasteiger partial charge on any atom is -0.330 e. The molecule has 0 N–H and O–H groups in total. The minimum atomic E-state index is -0.800. The first kappa shape index (κ1) is 10.1. The fraction of sp³-hybridized carbons (Fsp3) is 0.500. The summed E-state index contributed by atoms with van der Waals surface area (Å²) in [5.74, 6) is 0. The highest BCUT2D eigenvalue weighted by Crippen LogP contribution is 2.38. The third-order valence-electron chi connectivity index (χ3n) is 1.18. The van der Waals surface area contributed by atoms with Gasteiger partial charge in [0.2, 0.25) is 8.38 Å². The van der Waals surface area contributed by atoms with E-state index < -0.39 is 8.38 Å². The molecule has 0 saturated carbocycles. The molecule has 1 aromatic rings. The maximum absolute atomic E-state index is 5.48. The molecule has 0 saturated heterocycles. The van der Waals surface area contributed by atoms with Gasteiger partial charge in [0.15, 0.2) is 0 Å². The van der Waals surface area contributed by atoms with Gasteiger partial charge in [-0.2, -0.15) is 0 Å². The molecular weight excluding hydrogens is 191 g/mol. The summed E-state index contributed by atoms with van der Waals surface area (Å²) >= 11 is 1.69. The SMILES string of the molecule is CCOP(OCC)c1cccs1. The van der Waals surface area contributed by atoms with Crippen molar-refractivity contribution in [3.63, 3.8) is 0 Å². The summed E-state index contributed by atoms with van der Waals surface area (Å²) in [5, 5.41) is 2.04. The van der Waals surface area contributed by atoms with Crippen LogP contribution < -0.4 is 4.62 Å². The van der Waals surface area contributed by atoms with Crippen molar-refractivity contribution in [1.82, 2.24) is 0 Å². The minimum absolute atomic E-state index is 0.712. The Labute approximate surface area is 78.4 Å². The van der Waals surface area contributed by atoms with Gasteiger partial charge in [0.1, 0.15) is 0 Å². The molecular formula is C8H13O2PS. The van der Waals surface area contributed by atoms with E-state index in [1.807, 2.05) is 25.3 Å². The average Bonchev–Trinajstić information content (AvgIpc) is 2.56. The third-order valence-corrected chi connectivity index (χ3v) is 4.11. The topological polar surface area (TPSA) is 18.5 Å². The Morgan fingerprint density at radius 2 is 2.00 bits per heavy atom. The fourth-order valence-electron chi connectivity index (χ4n) is 0.773. The van der Waals surface area contributed by atoms with Crippen molar-refractivity contribution in [2.75, 3.05) is 13.2 Å². The summed E-state index contributed by atoms with van der Waals surface area (Å²) in [6, 6.07) is 4.08. The first-order valence-electron chi connectivity index (χ1n) is 3.98. The van der Waals surface area contributed by atoms with Crippen LogP contribution in [0.25, 0.3) is 0 Å². The zero-order valence-electron chi connectivity index (χ0n) is 7.32. The Bertz CT molecular complexity index is 195. The quantitative estimate of drug-likeness (QED) is 0.686. The normalized spacial score (nSPS) is 10.9. The number of hydrogen-bond acceptors (Lipinski definition) is 3. The molecule has 0 spiro atoms. The molecule has 1 heterocycles. The largest absolute Gasteiger partial charge is 0.330 e. The van der Waals surface area contributed by atoms with Gasteiger partial charge in [0, 0.05) is 0 Å². The Balaban J connectivity index is 2.53. The van der Waals surface area contributed by atoms with Gasteiger partial charge in [-0.1, -0.05) is 6.07 Å². The van der Waals surface area contributed by atoms with Gasteiger partial charge in [-0.25, -0.2) is 0 Å². The highest BCUT2D eigenvalue weighted by Gasteiger charge is 2.12. The van der Waals surface area contributed by atoms with Gasteiger partial charge in [-0.05, 0) is 25.3 Å². The third kappa shape index (κ3) is 2.83. The molecule has 4 heteroatoms. The molecule has 12 heavy (non-hydrogen) atoms. The van der Waals surface area contributed by atoms with Crippen LogP contribution in [0.2, 0.25) is 0 Å². The maximum Gasteiger partial charge on any atom is 0.215 e. The Morgan fingerprint density at radius 3 is 2.42 bits per heavy atom. The summed E-state index contributed by atoms with van der Waals surface area (Å²) < 4.78 is 12.2. The molecule has 0 radical (unpaired) electrons. The van der Waals surface area contributed by atoms with Crippen LogP contribution in [0.5, 0.6) is 0 Å². The van der Waals surface area contributed by atoms with Crippen LogP contribution in [-0.4, -0.2) is 13.2 Å². The van der Waals surface area contributed by atoms with Crippen LogP contribution in [0.4, 0.5) is 0 Å². The molecule has 0 bridgehead atoms. The van der Waals surface area contributed by atoms with E-state index in [9.17, 15) is 0 Å². The fourth-order valence-corrected chi connectivity index (χ4v) is 3.08. The zero-order chi connectivity index (χ0) is 8.81. The predicted molar refractivity (Wildman–Crippen MR) is 54.1 cm³/mol. The van der Waals surface area contributed by atoms with E-state index in [4.69, 9.17) is 9.05 Å². The van der Waals surface area contributed by atoms with Gasteiger partial charge < -0.3 is 9.05 Å². The molecule has 0 aromatic carbocycles. The van der Waals surface area contributed by atoms with Crippen LogP contribution in [0.3, 0.4) is 0 Å². The molecule has 68 valence electrons.